The molecule has 27 heavy (non-hydrogen) atoms. The molecule has 1 heterocycles. The van der Waals surface area contributed by atoms with Gasteiger partial charge < -0.3 is 14.2 Å². The van der Waals surface area contributed by atoms with E-state index in [2.05, 4.69) is 10.1 Å². The zero-order valence-electron chi connectivity index (χ0n) is 15.3. The molecule has 0 aliphatic heterocycles. The number of hydrogen-bond acceptors (Lipinski definition) is 5. The molecule has 0 N–H and O–H groups in total. The summed E-state index contributed by atoms with van der Waals surface area (Å²) in [4.78, 5) is 19.1. The molecule has 0 spiro atoms. The fourth-order valence-electron chi connectivity index (χ4n) is 2.66. The van der Waals surface area contributed by atoms with Crippen LogP contribution in [0.4, 0.5) is 0 Å². The van der Waals surface area contributed by atoms with Crippen LogP contribution in [0.3, 0.4) is 0 Å². The number of carbonyl (C=O) groups is 1. The van der Waals surface area contributed by atoms with Gasteiger partial charge in [0.2, 0.25) is 11.7 Å². The topological polar surface area (TPSA) is 68.5 Å². The van der Waals surface area contributed by atoms with Crippen LogP contribution in [0.25, 0.3) is 11.4 Å². The van der Waals surface area contributed by atoms with Crippen LogP contribution in [0.2, 0.25) is 5.02 Å². The van der Waals surface area contributed by atoms with Gasteiger partial charge in [0.05, 0.1) is 12.7 Å². The summed E-state index contributed by atoms with van der Waals surface area (Å²) in [6.07, 6.45) is 0. The van der Waals surface area contributed by atoms with Crippen LogP contribution in [0.1, 0.15) is 30.1 Å². The van der Waals surface area contributed by atoms with Crippen molar-refractivity contribution in [1.82, 2.24) is 15.0 Å². The van der Waals surface area contributed by atoms with Crippen LogP contribution < -0.4 is 4.74 Å². The van der Waals surface area contributed by atoms with Crippen molar-refractivity contribution >= 4 is 17.5 Å². The molecule has 3 aromatic rings. The molecule has 6 nitrogen and oxygen atoms in total. The van der Waals surface area contributed by atoms with E-state index in [0.717, 1.165) is 5.56 Å². The van der Waals surface area contributed by atoms with E-state index in [4.69, 9.17) is 20.9 Å². The van der Waals surface area contributed by atoms with Crippen molar-refractivity contribution in [3.05, 3.63) is 65.0 Å². The number of carbonyl (C=O) groups excluding carboxylic acids is 1. The summed E-state index contributed by atoms with van der Waals surface area (Å²) in [5.74, 6) is 1.09. The lowest BCUT2D eigenvalue weighted by Crippen LogP contribution is -2.36. The number of hydrogen-bond donors (Lipinski definition) is 0. The van der Waals surface area contributed by atoms with Gasteiger partial charge in [0, 0.05) is 16.6 Å². The first-order chi connectivity index (χ1) is 13.0. The lowest BCUT2D eigenvalue weighted by Gasteiger charge is -2.26. The number of ether oxygens (including phenoxy) is 1. The van der Waals surface area contributed by atoms with Crippen LogP contribution in [0.5, 0.6) is 5.75 Å². The second kappa shape index (κ2) is 8.22. The molecule has 0 saturated carbocycles. The first-order valence-corrected chi connectivity index (χ1v) is 8.90. The molecular weight excluding hydrogens is 366 g/mol. The highest BCUT2D eigenvalue weighted by atomic mass is 35.5. The maximum atomic E-state index is 13.1. The lowest BCUT2D eigenvalue weighted by molar-refractivity contribution is 0.0664. The molecule has 140 valence electrons. The summed E-state index contributed by atoms with van der Waals surface area (Å²) in [6.45, 7) is 4.03. The van der Waals surface area contributed by atoms with E-state index in [9.17, 15) is 4.79 Å². The summed E-state index contributed by atoms with van der Waals surface area (Å²) < 4.78 is 10.7. The van der Waals surface area contributed by atoms with Crippen molar-refractivity contribution in [3.8, 4) is 17.1 Å². The minimum Gasteiger partial charge on any atom is -0.496 e. The third-order valence-electron chi connectivity index (χ3n) is 4.08. The van der Waals surface area contributed by atoms with Gasteiger partial charge in [-0.2, -0.15) is 4.98 Å². The molecule has 1 amide bonds. The molecule has 0 aliphatic carbocycles. The minimum absolute atomic E-state index is 0.0896. The van der Waals surface area contributed by atoms with Gasteiger partial charge in [-0.1, -0.05) is 47.1 Å². The van der Waals surface area contributed by atoms with Gasteiger partial charge in [-0.05, 0) is 32.0 Å². The molecule has 3 rings (SSSR count). The molecule has 1 aromatic heterocycles. The highest BCUT2D eigenvalue weighted by molar-refractivity contribution is 6.31. The minimum atomic E-state index is -0.219. The standard InChI is InChI=1S/C20H20ClN3O3/c1-13(2)24(20(25)16-11-15(21)9-10-17(16)26-3)12-18-22-19(23-27-18)14-7-5-4-6-8-14/h4-11,13H,12H2,1-3H3. The molecule has 7 heteroatoms. The first-order valence-electron chi connectivity index (χ1n) is 8.52. The van der Waals surface area contributed by atoms with Gasteiger partial charge in [-0.3, -0.25) is 4.79 Å². The zero-order chi connectivity index (χ0) is 19.4. The second-order valence-corrected chi connectivity index (χ2v) is 6.69. The molecule has 0 aliphatic rings. The third-order valence-corrected chi connectivity index (χ3v) is 4.32. The molecule has 0 bridgehead atoms. The molecule has 2 aromatic carbocycles. The highest BCUT2D eigenvalue weighted by Gasteiger charge is 2.25. The van der Waals surface area contributed by atoms with E-state index in [1.807, 2.05) is 44.2 Å². The number of rotatable bonds is 6. The maximum Gasteiger partial charge on any atom is 0.258 e. The van der Waals surface area contributed by atoms with Crippen LogP contribution in [-0.2, 0) is 6.54 Å². The molecule has 0 saturated heterocycles. The predicted molar refractivity (Wildman–Crippen MR) is 103 cm³/mol. The summed E-state index contributed by atoms with van der Waals surface area (Å²) >= 11 is 6.07. The number of amides is 1. The van der Waals surface area contributed by atoms with Crippen LogP contribution >= 0.6 is 11.6 Å². The lowest BCUT2D eigenvalue weighted by atomic mass is 10.1. The Balaban J connectivity index is 1.86. The van der Waals surface area contributed by atoms with Crippen molar-refractivity contribution in [2.24, 2.45) is 0 Å². The normalized spacial score (nSPS) is 10.9. The largest absolute Gasteiger partial charge is 0.496 e. The van der Waals surface area contributed by atoms with Crippen molar-refractivity contribution in [2.45, 2.75) is 26.4 Å². The Morgan fingerprint density at radius 2 is 1.96 bits per heavy atom. The fraction of sp³-hybridized carbons (Fsp3) is 0.250. The Morgan fingerprint density at radius 3 is 2.63 bits per heavy atom. The average molecular weight is 386 g/mol. The second-order valence-electron chi connectivity index (χ2n) is 6.25. The maximum absolute atomic E-state index is 13.1. The summed E-state index contributed by atoms with van der Waals surface area (Å²) in [5, 5.41) is 4.47. The van der Waals surface area contributed by atoms with E-state index in [-0.39, 0.29) is 18.5 Å². The van der Waals surface area contributed by atoms with Crippen molar-refractivity contribution in [3.63, 3.8) is 0 Å². The molecule has 0 atom stereocenters. The third kappa shape index (κ3) is 4.28. The van der Waals surface area contributed by atoms with Crippen LogP contribution in [0, 0.1) is 0 Å². The number of methoxy groups -OCH3 is 1. The van der Waals surface area contributed by atoms with Crippen molar-refractivity contribution in [2.75, 3.05) is 7.11 Å². The smallest absolute Gasteiger partial charge is 0.258 e. The Kier molecular flexibility index (Phi) is 5.76. The highest BCUT2D eigenvalue weighted by Crippen LogP contribution is 2.26. The average Bonchev–Trinajstić information content (AvgIpc) is 3.15. The van der Waals surface area contributed by atoms with Crippen molar-refractivity contribution in [1.29, 1.82) is 0 Å². The Labute approximate surface area is 162 Å². The molecular formula is C20H20ClN3O3. The monoisotopic (exact) mass is 385 g/mol. The molecule has 0 unspecified atom stereocenters. The molecule has 0 radical (unpaired) electrons. The van der Waals surface area contributed by atoms with Gasteiger partial charge in [-0.15, -0.1) is 0 Å². The van der Waals surface area contributed by atoms with Gasteiger partial charge in [0.1, 0.15) is 12.3 Å². The van der Waals surface area contributed by atoms with Crippen LogP contribution in [-0.4, -0.2) is 34.1 Å². The Hall–Kier alpha value is -2.86. The van der Waals surface area contributed by atoms with E-state index >= 15 is 0 Å². The van der Waals surface area contributed by atoms with E-state index in [1.165, 1.54) is 7.11 Å². The van der Waals surface area contributed by atoms with Crippen LogP contribution in [0.15, 0.2) is 53.1 Å². The van der Waals surface area contributed by atoms with E-state index < -0.39 is 0 Å². The quantitative estimate of drug-likeness (QED) is 0.627. The molecule has 0 fully saturated rings. The SMILES string of the molecule is COc1ccc(Cl)cc1C(=O)N(Cc1nc(-c2ccccc2)no1)C(C)C. The fourth-order valence-corrected chi connectivity index (χ4v) is 2.83. The number of nitrogens with zero attached hydrogens (tertiary/aromatic N) is 3. The van der Waals surface area contributed by atoms with Gasteiger partial charge in [-0.25, -0.2) is 0 Å². The summed E-state index contributed by atoms with van der Waals surface area (Å²) in [5.41, 5.74) is 1.24. The Bertz CT molecular complexity index is 925. The summed E-state index contributed by atoms with van der Waals surface area (Å²) in [6, 6.07) is 14.4. The number of halogens is 1. The van der Waals surface area contributed by atoms with Gasteiger partial charge >= 0.3 is 0 Å². The Morgan fingerprint density at radius 1 is 1.22 bits per heavy atom. The van der Waals surface area contributed by atoms with Gasteiger partial charge in [0.15, 0.2) is 0 Å². The van der Waals surface area contributed by atoms with E-state index in [1.54, 1.807) is 23.1 Å². The van der Waals surface area contributed by atoms with Gasteiger partial charge in [0.25, 0.3) is 5.91 Å². The number of aromatic nitrogens is 2. The zero-order valence-corrected chi connectivity index (χ0v) is 16.1. The first kappa shape index (κ1) is 18.9. The summed E-state index contributed by atoms with van der Waals surface area (Å²) in [7, 11) is 1.52. The predicted octanol–water partition coefficient (Wildman–Crippen LogP) is 4.45. The van der Waals surface area contributed by atoms with Crippen molar-refractivity contribution < 1.29 is 14.1 Å². The van der Waals surface area contributed by atoms with E-state index in [0.29, 0.717) is 28.1 Å². The number of benzene rings is 2.